The summed E-state index contributed by atoms with van der Waals surface area (Å²) in [5.74, 6) is 2.11. The number of halogens is 2. The van der Waals surface area contributed by atoms with Crippen LogP contribution in [0.25, 0.3) is 11.0 Å². The van der Waals surface area contributed by atoms with Gasteiger partial charge < -0.3 is 14.4 Å². The van der Waals surface area contributed by atoms with Gasteiger partial charge in [-0.1, -0.05) is 41.9 Å². The first-order valence-corrected chi connectivity index (χ1v) is 9.39. The van der Waals surface area contributed by atoms with Crippen LogP contribution in [0.1, 0.15) is 32.0 Å². The highest BCUT2D eigenvalue weighted by molar-refractivity contribution is 9.10. The summed E-state index contributed by atoms with van der Waals surface area (Å²) in [5.41, 5.74) is 2.03. The molecule has 26 heavy (non-hydrogen) atoms. The SMILES string of the molecule is CCC(C)c1nc2ccccc2n1CC(O)COc1ccc(Br)cc1.Cl. The summed E-state index contributed by atoms with van der Waals surface area (Å²) < 4.78 is 8.83. The molecule has 3 rings (SSSR count). The van der Waals surface area contributed by atoms with Gasteiger partial charge in [-0.05, 0) is 42.8 Å². The Morgan fingerprint density at radius 2 is 1.85 bits per heavy atom. The van der Waals surface area contributed by atoms with Crippen LogP contribution in [-0.4, -0.2) is 27.4 Å². The molecule has 0 fully saturated rings. The standard InChI is InChI=1S/C20H23BrN2O2.ClH/c1-3-14(2)20-22-18-6-4-5-7-19(18)23(20)12-16(24)13-25-17-10-8-15(21)9-11-17;/h4-11,14,16,24H,3,12-13H2,1-2H3;1H. The van der Waals surface area contributed by atoms with E-state index in [2.05, 4.69) is 40.4 Å². The molecule has 2 unspecified atom stereocenters. The summed E-state index contributed by atoms with van der Waals surface area (Å²) in [4.78, 5) is 4.77. The molecule has 0 radical (unpaired) electrons. The number of para-hydroxylation sites is 2. The van der Waals surface area contributed by atoms with Gasteiger partial charge in [0.15, 0.2) is 0 Å². The number of hydrogen-bond donors (Lipinski definition) is 1. The Bertz CT molecular complexity index is 835. The van der Waals surface area contributed by atoms with E-state index in [1.165, 1.54) is 0 Å². The van der Waals surface area contributed by atoms with Crippen LogP contribution in [-0.2, 0) is 6.54 Å². The average molecular weight is 440 g/mol. The van der Waals surface area contributed by atoms with Gasteiger partial charge in [-0.25, -0.2) is 4.98 Å². The number of fused-ring (bicyclic) bond motifs is 1. The molecule has 0 saturated heterocycles. The zero-order chi connectivity index (χ0) is 17.8. The molecule has 0 spiro atoms. The molecule has 0 amide bonds. The van der Waals surface area contributed by atoms with E-state index >= 15 is 0 Å². The van der Waals surface area contributed by atoms with Crippen molar-refractivity contribution < 1.29 is 9.84 Å². The number of benzene rings is 2. The van der Waals surface area contributed by atoms with Crippen LogP contribution in [0, 0.1) is 0 Å². The zero-order valence-corrected chi connectivity index (χ0v) is 17.3. The molecule has 4 nitrogen and oxygen atoms in total. The summed E-state index contributed by atoms with van der Waals surface area (Å²) in [6.07, 6.45) is 0.401. The normalized spacial score (nSPS) is 13.2. The van der Waals surface area contributed by atoms with Crippen LogP contribution < -0.4 is 4.74 Å². The molecule has 0 aliphatic rings. The number of aliphatic hydroxyl groups excluding tert-OH is 1. The predicted molar refractivity (Wildman–Crippen MR) is 111 cm³/mol. The molecule has 0 saturated carbocycles. The summed E-state index contributed by atoms with van der Waals surface area (Å²) >= 11 is 3.40. The number of rotatable bonds is 7. The van der Waals surface area contributed by atoms with Crippen LogP contribution in [0.5, 0.6) is 5.75 Å². The second-order valence-corrected chi connectivity index (χ2v) is 7.21. The molecule has 140 valence electrons. The third-order valence-corrected chi connectivity index (χ3v) is 4.92. The summed E-state index contributed by atoms with van der Waals surface area (Å²) in [6.45, 7) is 5.04. The Balaban J connectivity index is 0.00000243. The van der Waals surface area contributed by atoms with Crippen molar-refractivity contribution in [1.29, 1.82) is 0 Å². The highest BCUT2D eigenvalue weighted by Crippen LogP contribution is 2.24. The van der Waals surface area contributed by atoms with Gasteiger partial charge in [-0.2, -0.15) is 0 Å². The molecule has 0 aliphatic carbocycles. The lowest BCUT2D eigenvalue weighted by Crippen LogP contribution is -2.25. The molecular weight excluding hydrogens is 416 g/mol. The van der Waals surface area contributed by atoms with Gasteiger partial charge in [-0.3, -0.25) is 0 Å². The predicted octanol–water partition coefficient (Wildman–Crippen LogP) is 5.17. The minimum absolute atomic E-state index is 0. The average Bonchev–Trinajstić information content (AvgIpc) is 2.99. The van der Waals surface area contributed by atoms with E-state index in [0.29, 0.717) is 12.5 Å². The lowest BCUT2D eigenvalue weighted by molar-refractivity contribution is 0.0924. The Kier molecular flexibility index (Phi) is 7.50. The Morgan fingerprint density at radius 3 is 2.54 bits per heavy atom. The van der Waals surface area contributed by atoms with Crippen LogP contribution in [0.3, 0.4) is 0 Å². The van der Waals surface area contributed by atoms with Crippen LogP contribution in [0.15, 0.2) is 53.0 Å². The number of ether oxygens (including phenoxy) is 1. The fourth-order valence-electron chi connectivity index (χ4n) is 2.83. The number of nitrogens with zero attached hydrogens (tertiary/aromatic N) is 2. The van der Waals surface area contributed by atoms with E-state index in [0.717, 1.165) is 33.5 Å². The smallest absolute Gasteiger partial charge is 0.119 e. The van der Waals surface area contributed by atoms with Crippen LogP contribution in [0.4, 0.5) is 0 Å². The zero-order valence-electron chi connectivity index (χ0n) is 14.9. The van der Waals surface area contributed by atoms with Crippen molar-refractivity contribution in [1.82, 2.24) is 9.55 Å². The third kappa shape index (κ3) is 4.78. The number of imidazole rings is 1. The Labute approximate surface area is 168 Å². The van der Waals surface area contributed by atoms with E-state index in [-0.39, 0.29) is 19.0 Å². The lowest BCUT2D eigenvalue weighted by atomic mass is 10.1. The Hall–Kier alpha value is -1.56. The molecule has 1 heterocycles. The van der Waals surface area contributed by atoms with Crippen LogP contribution in [0.2, 0.25) is 0 Å². The minimum atomic E-state index is -0.607. The highest BCUT2D eigenvalue weighted by Gasteiger charge is 2.18. The minimum Gasteiger partial charge on any atom is -0.491 e. The van der Waals surface area contributed by atoms with Crippen LogP contribution >= 0.6 is 28.3 Å². The molecule has 6 heteroatoms. The van der Waals surface area contributed by atoms with Gasteiger partial charge in [0.1, 0.15) is 24.3 Å². The first-order chi connectivity index (χ1) is 12.1. The molecular formula is C20H24BrClN2O2. The number of hydrogen-bond acceptors (Lipinski definition) is 3. The van der Waals surface area contributed by atoms with Crippen molar-refractivity contribution in [2.45, 2.75) is 38.8 Å². The van der Waals surface area contributed by atoms with E-state index in [4.69, 9.17) is 9.72 Å². The van der Waals surface area contributed by atoms with Crippen molar-refractivity contribution in [3.63, 3.8) is 0 Å². The molecule has 2 aromatic carbocycles. The second kappa shape index (κ2) is 9.40. The van der Waals surface area contributed by atoms with Crippen molar-refractivity contribution in [3.8, 4) is 5.75 Å². The lowest BCUT2D eigenvalue weighted by Gasteiger charge is -2.17. The number of aliphatic hydroxyl groups is 1. The Morgan fingerprint density at radius 1 is 1.15 bits per heavy atom. The maximum atomic E-state index is 10.5. The van der Waals surface area contributed by atoms with Crippen molar-refractivity contribution in [2.75, 3.05) is 6.61 Å². The maximum Gasteiger partial charge on any atom is 0.119 e. The fraction of sp³-hybridized carbons (Fsp3) is 0.350. The second-order valence-electron chi connectivity index (χ2n) is 6.30. The fourth-order valence-corrected chi connectivity index (χ4v) is 3.10. The quantitative estimate of drug-likeness (QED) is 0.552. The number of aromatic nitrogens is 2. The molecule has 0 aliphatic heterocycles. The summed E-state index contributed by atoms with van der Waals surface area (Å²) in [5, 5.41) is 10.5. The van der Waals surface area contributed by atoms with Gasteiger partial charge in [0.2, 0.25) is 0 Å². The first-order valence-electron chi connectivity index (χ1n) is 8.60. The van der Waals surface area contributed by atoms with Gasteiger partial charge in [0, 0.05) is 10.4 Å². The van der Waals surface area contributed by atoms with E-state index in [9.17, 15) is 5.11 Å². The largest absolute Gasteiger partial charge is 0.491 e. The first kappa shape index (κ1) is 20.7. The van der Waals surface area contributed by atoms with Gasteiger partial charge in [0.25, 0.3) is 0 Å². The molecule has 3 aromatic rings. The molecule has 0 bridgehead atoms. The van der Waals surface area contributed by atoms with Gasteiger partial charge >= 0.3 is 0 Å². The molecule has 2 atom stereocenters. The summed E-state index contributed by atoms with van der Waals surface area (Å²) in [7, 11) is 0. The van der Waals surface area contributed by atoms with Gasteiger partial charge in [-0.15, -0.1) is 12.4 Å². The molecule has 1 N–H and O–H groups in total. The highest BCUT2D eigenvalue weighted by atomic mass is 79.9. The topological polar surface area (TPSA) is 47.3 Å². The monoisotopic (exact) mass is 438 g/mol. The van der Waals surface area contributed by atoms with E-state index < -0.39 is 6.10 Å². The molecule has 1 aromatic heterocycles. The maximum absolute atomic E-state index is 10.5. The van der Waals surface area contributed by atoms with E-state index in [1.54, 1.807) is 0 Å². The van der Waals surface area contributed by atoms with Crippen molar-refractivity contribution >= 4 is 39.4 Å². The van der Waals surface area contributed by atoms with Gasteiger partial charge in [0.05, 0.1) is 17.6 Å². The third-order valence-electron chi connectivity index (χ3n) is 4.39. The van der Waals surface area contributed by atoms with Crippen molar-refractivity contribution in [3.05, 3.63) is 58.8 Å². The summed E-state index contributed by atoms with van der Waals surface area (Å²) in [6, 6.07) is 15.7. The van der Waals surface area contributed by atoms with E-state index in [1.807, 2.05) is 42.5 Å². The van der Waals surface area contributed by atoms with Crippen molar-refractivity contribution in [2.24, 2.45) is 0 Å².